The minimum atomic E-state index is 0.447. The quantitative estimate of drug-likeness (QED) is 0.872. The Balaban J connectivity index is 1.86. The summed E-state index contributed by atoms with van der Waals surface area (Å²) in [6, 6.07) is 4.76. The Kier molecular flexibility index (Phi) is 4.67. The van der Waals surface area contributed by atoms with Gasteiger partial charge in [0.2, 0.25) is 0 Å². The average Bonchev–Trinajstić information content (AvgIpc) is 2.96. The van der Waals surface area contributed by atoms with Gasteiger partial charge < -0.3 is 10.2 Å². The fourth-order valence-corrected chi connectivity index (χ4v) is 3.17. The summed E-state index contributed by atoms with van der Waals surface area (Å²) in [7, 11) is 4.25. The second kappa shape index (κ2) is 6.26. The van der Waals surface area contributed by atoms with Gasteiger partial charge in [-0.1, -0.05) is 6.07 Å². The summed E-state index contributed by atoms with van der Waals surface area (Å²) in [5.41, 5.74) is 1.87. The van der Waals surface area contributed by atoms with Crippen LogP contribution in [-0.4, -0.2) is 30.5 Å². The predicted octanol–water partition coefficient (Wildman–Crippen LogP) is 2.60. The highest BCUT2D eigenvalue weighted by atomic mass is 32.1. The molecule has 0 aliphatic rings. The van der Waals surface area contributed by atoms with Gasteiger partial charge in [-0.2, -0.15) is 0 Å². The van der Waals surface area contributed by atoms with Gasteiger partial charge in [-0.3, -0.25) is 4.98 Å². The van der Waals surface area contributed by atoms with Crippen molar-refractivity contribution in [1.82, 2.24) is 15.2 Å². The molecule has 0 saturated carbocycles. The Labute approximate surface area is 110 Å². The highest BCUT2D eigenvalue weighted by Gasteiger charge is 2.14. The van der Waals surface area contributed by atoms with E-state index in [-0.39, 0.29) is 0 Å². The van der Waals surface area contributed by atoms with E-state index < -0.39 is 0 Å². The molecule has 0 saturated heterocycles. The lowest BCUT2D eigenvalue weighted by molar-refractivity contribution is 0.292. The summed E-state index contributed by atoms with van der Waals surface area (Å²) in [6.45, 7) is 1.87. The van der Waals surface area contributed by atoms with Crippen LogP contribution in [0.3, 0.4) is 0 Å². The van der Waals surface area contributed by atoms with E-state index in [1.807, 2.05) is 23.0 Å². The zero-order chi connectivity index (χ0) is 12.1. The first-order valence-corrected chi connectivity index (χ1v) is 7.31. The lowest BCUT2D eigenvalue weighted by Crippen LogP contribution is -2.30. The van der Waals surface area contributed by atoms with Crippen LogP contribution in [0.1, 0.15) is 15.8 Å². The molecule has 2 aromatic rings. The smallest absolute Gasteiger partial charge is 0.0794 e. The van der Waals surface area contributed by atoms with Crippen LogP contribution in [0, 0.1) is 0 Å². The molecule has 1 unspecified atom stereocenters. The van der Waals surface area contributed by atoms with Crippen molar-refractivity contribution >= 4 is 22.7 Å². The Morgan fingerprint density at radius 1 is 1.41 bits per heavy atom. The molecule has 0 amide bonds. The van der Waals surface area contributed by atoms with E-state index in [1.54, 1.807) is 11.3 Å². The van der Waals surface area contributed by atoms with E-state index in [9.17, 15) is 0 Å². The standard InChI is InChI=1S/C12H17N3S2/c1-15(2)11(12-4-3-5-16-12)8-13-6-10-7-14-9-17-10/h3-5,7,9,11,13H,6,8H2,1-2H3. The van der Waals surface area contributed by atoms with Crippen LogP contribution in [-0.2, 0) is 6.54 Å². The monoisotopic (exact) mass is 267 g/mol. The fourth-order valence-electron chi connectivity index (χ4n) is 1.68. The van der Waals surface area contributed by atoms with Gasteiger partial charge in [-0.25, -0.2) is 0 Å². The van der Waals surface area contributed by atoms with Gasteiger partial charge in [0.15, 0.2) is 0 Å². The van der Waals surface area contributed by atoms with Crippen molar-refractivity contribution < 1.29 is 0 Å². The first-order chi connectivity index (χ1) is 8.27. The van der Waals surface area contributed by atoms with Crippen molar-refractivity contribution in [3.05, 3.63) is 39.0 Å². The summed E-state index contributed by atoms with van der Waals surface area (Å²) in [5.74, 6) is 0. The molecule has 3 nitrogen and oxygen atoms in total. The molecule has 0 aromatic carbocycles. The molecular formula is C12H17N3S2. The summed E-state index contributed by atoms with van der Waals surface area (Å²) < 4.78 is 0. The molecule has 17 heavy (non-hydrogen) atoms. The lowest BCUT2D eigenvalue weighted by Gasteiger charge is -2.23. The Hall–Kier alpha value is -0.750. The van der Waals surface area contributed by atoms with Crippen LogP contribution >= 0.6 is 22.7 Å². The molecule has 0 aliphatic carbocycles. The number of nitrogens with one attached hydrogen (secondary N) is 1. The molecule has 1 atom stereocenters. The third kappa shape index (κ3) is 3.61. The molecule has 2 aromatic heterocycles. The van der Waals surface area contributed by atoms with Gasteiger partial charge >= 0.3 is 0 Å². The minimum Gasteiger partial charge on any atom is -0.310 e. The molecule has 5 heteroatoms. The molecule has 1 N–H and O–H groups in total. The van der Waals surface area contributed by atoms with Gasteiger partial charge in [-0.15, -0.1) is 22.7 Å². The van der Waals surface area contributed by atoms with Gasteiger partial charge in [0, 0.05) is 29.0 Å². The Morgan fingerprint density at radius 2 is 2.29 bits per heavy atom. The maximum absolute atomic E-state index is 4.08. The van der Waals surface area contributed by atoms with E-state index in [4.69, 9.17) is 0 Å². The predicted molar refractivity (Wildman–Crippen MR) is 74.6 cm³/mol. The number of thiophene rings is 1. The molecular weight excluding hydrogens is 250 g/mol. The van der Waals surface area contributed by atoms with Crippen LogP contribution in [0.25, 0.3) is 0 Å². The Bertz CT molecular complexity index is 409. The summed E-state index contributed by atoms with van der Waals surface area (Å²) in [4.78, 5) is 9.03. The third-order valence-corrected chi connectivity index (χ3v) is 4.37. The summed E-state index contributed by atoms with van der Waals surface area (Å²) in [5, 5.41) is 5.63. The van der Waals surface area contributed by atoms with Crippen molar-refractivity contribution in [1.29, 1.82) is 0 Å². The van der Waals surface area contributed by atoms with Crippen LogP contribution < -0.4 is 5.32 Å². The number of hydrogen-bond donors (Lipinski definition) is 1. The second-order valence-electron chi connectivity index (χ2n) is 4.09. The van der Waals surface area contributed by atoms with Crippen LogP contribution in [0.2, 0.25) is 0 Å². The average molecular weight is 267 g/mol. The normalized spacial score (nSPS) is 13.1. The highest BCUT2D eigenvalue weighted by Crippen LogP contribution is 2.22. The van der Waals surface area contributed by atoms with Crippen molar-refractivity contribution in [3.8, 4) is 0 Å². The Morgan fingerprint density at radius 3 is 2.88 bits per heavy atom. The van der Waals surface area contributed by atoms with Gasteiger partial charge in [-0.05, 0) is 25.5 Å². The molecule has 0 fully saturated rings. The van der Waals surface area contributed by atoms with Gasteiger partial charge in [0.05, 0.1) is 11.6 Å². The van der Waals surface area contributed by atoms with Crippen LogP contribution in [0.5, 0.6) is 0 Å². The number of aromatic nitrogens is 1. The molecule has 0 spiro atoms. The molecule has 0 radical (unpaired) electrons. The number of hydrogen-bond acceptors (Lipinski definition) is 5. The van der Waals surface area contributed by atoms with Crippen molar-refractivity contribution in [2.24, 2.45) is 0 Å². The molecule has 2 heterocycles. The van der Waals surface area contributed by atoms with Crippen molar-refractivity contribution in [2.45, 2.75) is 12.6 Å². The highest BCUT2D eigenvalue weighted by molar-refractivity contribution is 7.10. The molecule has 0 bridgehead atoms. The number of nitrogens with zero attached hydrogens (tertiary/aromatic N) is 2. The second-order valence-corrected chi connectivity index (χ2v) is 6.04. The maximum Gasteiger partial charge on any atom is 0.0794 e. The number of thiazole rings is 1. The van der Waals surface area contributed by atoms with E-state index >= 15 is 0 Å². The molecule has 92 valence electrons. The van der Waals surface area contributed by atoms with Crippen molar-refractivity contribution in [3.63, 3.8) is 0 Å². The zero-order valence-electron chi connectivity index (χ0n) is 10.1. The van der Waals surface area contributed by atoms with E-state index in [0.29, 0.717) is 6.04 Å². The maximum atomic E-state index is 4.08. The zero-order valence-corrected chi connectivity index (χ0v) is 11.7. The lowest BCUT2D eigenvalue weighted by atomic mass is 10.2. The minimum absolute atomic E-state index is 0.447. The number of rotatable bonds is 6. The third-order valence-electron chi connectivity index (χ3n) is 2.62. The summed E-state index contributed by atoms with van der Waals surface area (Å²) >= 11 is 3.51. The van der Waals surface area contributed by atoms with E-state index in [1.165, 1.54) is 9.75 Å². The molecule has 0 aliphatic heterocycles. The first kappa shape index (κ1) is 12.7. The van der Waals surface area contributed by atoms with Crippen LogP contribution in [0.15, 0.2) is 29.2 Å². The SMILES string of the molecule is CN(C)C(CNCc1cncs1)c1cccs1. The van der Waals surface area contributed by atoms with Crippen molar-refractivity contribution in [2.75, 3.05) is 20.6 Å². The summed E-state index contributed by atoms with van der Waals surface area (Å²) in [6.07, 6.45) is 1.92. The fraction of sp³-hybridized carbons (Fsp3) is 0.417. The largest absolute Gasteiger partial charge is 0.310 e. The van der Waals surface area contributed by atoms with E-state index in [2.05, 4.69) is 46.8 Å². The van der Waals surface area contributed by atoms with E-state index in [0.717, 1.165) is 13.1 Å². The topological polar surface area (TPSA) is 28.2 Å². The first-order valence-electron chi connectivity index (χ1n) is 5.55. The van der Waals surface area contributed by atoms with Gasteiger partial charge in [0.1, 0.15) is 0 Å². The number of likely N-dealkylation sites (N-methyl/N-ethyl adjacent to an activating group) is 1. The van der Waals surface area contributed by atoms with Gasteiger partial charge in [0.25, 0.3) is 0 Å². The molecule has 2 rings (SSSR count). The van der Waals surface area contributed by atoms with Crippen LogP contribution in [0.4, 0.5) is 0 Å².